The number of halogens is 2. The molecule has 2 aromatic heterocycles. The molecule has 1 aliphatic heterocycles. The number of amides is 1. The van der Waals surface area contributed by atoms with E-state index in [-0.39, 0.29) is 29.3 Å². The van der Waals surface area contributed by atoms with E-state index in [1.54, 1.807) is 35.4 Å². The fourth-order valence-corrected chi connectivity index (χ4v) is 4.11. The van der Waals surface area contributed by atoms with Crippen LogP contribution in [0.4, 0.5) is 8.78 Å². The Morgan fingerprint density at radius 3 is 2.73 bits per heavy atom. The lowest BCUT2D eigenvalue weighted by atomic mass is 10.0. The van der Waals surface area contributed by atoms with E-state index >= 15 is 0 Å². The van der Waals surface area contributed by atoms with Gasteiger partial charge < -0.3 is 13.8 Å². The number of hydrogen-bond acceptors (Lipinski definition) is 5. The van der Waals surface area contributed by atoms with Crippen molar-refractivity contribution in [3.8, 4) is 11.3 Å². The number of carbonyl (C=O) groups is 1. The summed E-state index contributed by atoms with van der Waals surface area (Å²) in [7, 11) is 0. The van der Waals surface area contributed by atoms with Crippen molar-refractivity contribution in [3.63, 3.8) is 0 Å². The Morgan fingerprint density at radius 2 is 1.91 bits per heavy atom. The van der Waals surface area contributed by atoms with Crippen LogP contribution < -0.4 is 0 Å². The average molecular weight is 449 g/mol. The van der Waals surface area contributed by atoms with E-state index in [0.717, 1.165) is 18.4 Å². The second-order valence-electron chi connectivity index (χ2n) is 8.06. The zero-order chi connectivity index (χ0) is 22.8. The molecule has 1 saturated heterocycles. The third-order valence-corrected chi connectivity index (χ3v) is 5.75. The van der Waals surface area contributed by atoms with Crippen LogP contribution in [-0.2, 0) is 6.42 Å². The van der Waals surface area contributed by atoms with Gasteiger partial charge in [-0.1, -0.05) is 17.3 Å². The van der Waals surface area contributed by atoms with Crippen LogP contribution in [-0.4, -0.2) is 27.5 Å². The highest BCUT2D eigenvalue weighted by molar-refractivity contribution is 5.92. The zero-order valence-electron chi connectivity index (χ0n) is 17.7. The first-order chi connectivity index (χ1) is 16.1. The van der Waals surface area contributed by atoms with Crippen molar-refractivity contribution in [2.45, 2.75) is 31.7 Å². The number of aromatic nitrogens is 2. The number of likely N-dealkylation sites (tertiary alicyclic amines) is 1. The lowest BCUT2D eigenvalue weighted by molar-refractivity contribution is 0.0528. The van der Waals surface area contributed by atoms with Gasteiger partial charge in [-0.2, -0.15) is 0 Å². The van der Waals surface area contributed by atoms with E-state index in [1.165, 1.54) is 24.3 Å². The van der Waals surface area contributed by atoms with Crippen LogP contribution in [0.3, 0.4) is 0 Å². The summed E-state index contributed by atoms with van der Waals surface area (Å²) in [6, 6.07) is 13.4. The summed E-state index contributed by atoms with van der Waals surface area (Å²) >= 11 is 0. The summed E-state index contributed by atoms with van der Waals surface area (Å²) in [6.45, 7) is 0.539. The second-order valence-corrected chi connectivity index (χ2v) is 8.06. The molecule has 0 unspecified atom stereocenters. The predicted octanol–water partition coefficient (Wildman–Crippen LogP) is 5.57. The molecule has 0 aliphatic carbocycles. The van der Waals surface area contributed by atoms with Crippen molar-refractivity contribution in [3.05, 3.63) is 95.4 Å². The number of rotatable bonds is 5. The standard InChI is InChI=1S/C25H21F2N3O3/c26-18-9-7-17(8-10-18)21-14-23(33-29-21)25(31)30-11-2-1-6-22(30)24-28-15-20(32-24)13-16-4-3-5-19(27)12-16/h3-5,7-10,12,14-15,22H,1-2,6,11,13H2/t22-/m0/s1. The molecule has 0 radical (unpaired) electrons. The van der Waals surface area contributed by atoms with E-state index in [0.29, 0.717) is 42.3 Å². The van der Waals surface area contributed by atoms with Crippen LogP contribution in [0, 0.1) is 11.6 Å². The van der Waals surface area contributed by atoms with Gasteiger partial charge in [0.2, 0.25) is 11.7 Å². The Kier molecular flexibility index (Phi) is 5.73. The highest BCUT2D eigenvalue weighted by atomic mass is 19.1. The molecule has 33 heavy (non-hydrogen) atoms. The number of carbonyl (C=O) groups excluding carboxylic acids is 1. The largest absolute Gasteiger partial charge is 0.443 e. The lowest BCUT2D eigenvalue weighted by Crippen LogP contribution is -2.38. The molecular formula is C25H21F2N3O3. The van der Waals surface area contributed by atoms with Crippen LogP contribution in [0.15, 0.2) is 69.7 Å². The lowest BCUT2D eigenvalue weighted by Gasteiger charge is -2.32. The van der Waals surface area contributed by atoms with Crippen molar-refractivity contribution in [1.29, 1.82) is 0 Å². The van der Waals surface area contributed by atoms with Gasteiger partial charge in [-0.25, -0.2) is 13.8 Å². The number of piperidine rings is 1. The third kappa shape index (κ3) is 4.55. The SMILES string of the molecule is O=C(c1cc(-c2ccc(F)cc2)no1)N1CCCC[C@H]1c1ncc(Cc2cccc(F)c2)o1. The fraction of sp³-hybridized carbons (Fsp3) is 0.240. The van der Waals surface area contributed by atoms with Crippen LogP contribution in [0.5, 0.6) is 0 Å². The molecule has 2 aromatic carbocycles. The average Bonchev–Trinajstić information content (AvgIpc) is 3.49. The Labute approximate surface area is 188 Å². The molecule has 0 spiro atoms. The molecule has 1 fully saturated rings. The number of oxazole rings is 1. The van der Waals surface area contributed by atoms with Gasteiger partial charge in [0.25, 0.3) is 5.91 Å². The van der Waals surface area contributed by atoms with E-state index in [2.05, 4.69) is 10.1 Å². The molecule has 1 aliphatic rings. The van der Waals surface area contributed by atoms with Gasteiger partial charge in [0, 0.05) is 24.6 Å². The minimum absolute atomic E-state index is 0.104. The second kappa shape index (κ2) is 8.97. The van der Waals surface area contributed by atoms with Gasteiger partial charge in [0.15, 0.2) is 0 Å². The molecule has 1 amide bonds. The molecule has 8 heteroatoms. The van der Waals surface area contributed by atoms with E-state index < -0.39 is 0 Å². The monoisotopic (exact) mass is 449 g/mol. The van der Waals surface area contributed by atoms with Gasteiger partial charge in [-0.3, -0.25) is 4.79 Å². The van der Waals surface area contributed by atoms with Crippen molar-refractivity contribution in [2.24, 2.45) is 0 Å². The van der Waals surface area contributed by atoms with Crippen LogP contribution in [0.25, 0.3) is 11.3 Å². The van der Waals surface area contributed by atoms with Crippen LogP contribution in [0.1, 0.15) is 53.1 Å². The molecule has 0 saturated carbocycles. The molecule has 4 aromatic rings. The summed E-state index contributed by atoms with van der Waals surface area (Å²) in [6.07, 6.45) is 4.54. The molecule has 3 heterocycles. The summed E-state index contributed by atoms with van der Waals surface area (Å²) in [5, 5.41) is 3.97. The zero-order valence-corrected chi connectivity index (χ0v) is 17.7. The van der Waals surface area contributed by atoms with Gasteiger partial charge in [-0.05, 0) is 61.2 Å². The Balaban J connectivity index is 1.34. The van der Waals surface area contributed by atoms with Crippen molar-refractivity contribution in [1.82, 2.24) is 15.0 Å². The van der Waals surface area contributed by atoms with E-state index in [4.69, 9.17) is 8.94 Å². The van der Waals surface area contributed by atoms with Gasteiger partial charge in [0.1, 0.15) is 29.1 Å². The summed E-state index contributed by atoms with van der Waals surface area (Å²) in [4.78, 5) is 19.3. The summed E-state index contributed by atoms with van der Waals surface area (Å²) < 4.78 is 37.9. The fourth-order valence-electron chi connectivity index (χ4n) is 4.11. The minimum Gasteiger partial charge on any atom is -0.443 e. The first kappa shape index (κ1) is 21.1. The maximum absolute atomic E-state index is 13.5. The minimum atomic E-state index is -0.350. The van der Waals surface area contributed by atoms with E-state index in [1.807, 2.05) is 6.07 Å². The molecule has 6 nitrogen and oxygen atoms in total. The molecule has 5 rings (SSSR count). The summed E-state index contributed by atoms with van der Waals surface area (Å²) in [5.74, 6) is 0.207. The number of nitrogens with zero attached hydrogens (tertiary/aromatic N) is 3. The Hall–Kier alpha value is -3.81. The maximum Gasteiger partial charge on any atom is 0.293 e. The number of benzene rings is 2. The smallest absolute Gasteiger partial charge is 0.293 e. The highest BCUT2D eigenvalue weighted by Crippen LogP contribution is 2.33. The Morgan fingerprint density at radius 1 is 1.06 bits per heavy atom. The first-order valence-electron chi connectivity index (χ1n) is 10.8. The maximum atomic E-state index is 13.5. The predicted molar refractivity (Wildman–Crippen MR) is 115 cm³/mol. The normalized spacial score (nSPS) is 16.2. The molecule has 0 N–H and O–H groups in total. The quantitative estimate of drug-likeness (QED) is 0.399. The van der Waals surface area contributed by atoms with Gasteiger partial charge in [-0.15, -0.1) is 0 Å². The van der Waals surface area contributed by atoms with E-state index in [9.17, 15) is 13.6 Å². The Bertz CT molecular complexity index is 1270. The molecule has 1 atom stereocenters. The third-order valence-electron chi connectivity index (χ3n) is 5.75. The van der Waals surface area contributed by atoms with Crippen molar-refractivity contribution >= 4 is 5.91 Å². The molecule has 0 bridgehead atoms. The van der Waals surface area contributed by atoms with Gasteiger partial charge >= 0.3 is 0 Å². The van der Waals surface area contributed by atoms with Crippen LogP contribution in [0.2, 0.25) is 0 Å². The van der Waals surface area contributed by atoms with Gasteiger partial charge in [0.05, 0.1) is 6.20 Å². The molecule has 168 valence electrons. The number of hydrogen-bond donors (Lipinski definition) is 0. The van der Waals surface area contributed by atoms with Crippen molar-refractivity contribution in [2.75, 3.05) is 6.54 Å². The molecular weight excluding hydrogens is 428 g/mol. The summed E-state index contributed by atoms with van der Waals surface area (Å²) in [5.41, 5.74) is 1.90. The topological polar surface area (TPSA) is 72.4 Å². The highest BCUT2D eigenvalue weighted by Gasteiger charge is 2.33. The van der Waals surface area contributed by atoms with Crippen molar-refractivity contribution < 1.29 is 22.5 Å². The first-order valence-corrected chi connectivity index (χ1v) is 10.8. The van der Waals surface area contributed by atoms with Crippen LogP contribution >= 0.6 is 0 Å².